The first-order chi connectivity index (χ1) is 13.8. The zero-order valence-corrected chi connectivity index (χ0v) is 17.7. The van der Waals surface area contributed by atoms with E-state index in [1.807, 2.05) is 37.3 Å². The van der Waals surface area contributed by atoms with Crippen molar-refractivity contribution in [2.45, 2.75) is 25.9 Å². The molecular formula is C21H27N3O4S. The molecule has 0 unspecified atom stereocenters. The minimum Gasteiger partial charge on any atom is -0.357 e. The summed E-state index contributed by atoms with van der Waals surface area (Å²) in [5, 5.41) is 2.59. The highest BCUT2D eigenvalue weighted by Crippen LogP contribution is 2.19. The van der Waals surface area contributed by atoms with Crippen molar-refractivity contribution in [1.82, 2.24) is 10.2 Å². The molecule has 2 aromatic carbocycles. The molecule has 0 bridgehead atoms. The van der Waals surface area contributed by atoms with Crippen molar-refractivity contribution in [1.29, 1.82) is 0 Å². The van der Waals surface area contributed by atoms with Crippen LogP contribution in [0.3, 0.4) is 0 Å². The highest BCUT2D eigenvalue weighted by Gasteiger charge is 2.31. The van der Waals surface area contributed by atoms with E-state index in [1.54, 1.807) is 30.3 Å². The van der Waals surface area contributed by atoms with Crippen LogP contribution in [-0.4, -0.2) is 51.0 Å². The highest BCUT2D eigenvalue weighted by molar-refractivity contribution is 7.92. The predicted octanol–water partition coefficient (Wildman–Crippen LogP) is 2.01. The topological polar surface area (TPSA) is 86.8 Å². The van der Waals surface area contributed by atoms with Gasteiger partial charge in [-0.3, -0.25) is 13.9 Å². The third-order valence-corrected chi connectivity index (χ3v) is 5.69. The monoisotopic (exact) mass is 417 g/mol. The van der Waals surface area contributed by atoms with Gasteiger partial charge in [0.2, 0.25) is 21.8 Å². The van der Waals surface area contributed by atoms with Crippen LogP contribution in [0.25, 0.3) is 0 Å². The van der Waals surface area contributed by atoms with Crippen molar-refractivity contribution >= 4 is 27.5 Å². The van der Waals surface area contributed by atoms with E-state index in [-0.39, 0.29) is 19.0 Å². The number of anilines is 1. The van der Waals surface area contributed by atoms with Crippen LogP contribution in [0, 0.1) is 0 Å². The second-order valence-corrected chi connectivity index (χ2v) is 8.56. The van der Waals surface area contributed by atoms with Crippen LogP contribution < -0.4 is 9.62 Å². The smallest absolute Gasteiger partial charge is 0.244 e. The summed E-state index contributed by atoms with van der Waals surface area (Å²) in [5.41, 5.74) is 1.25. The number of carbonyl (C=O) groups excluding carboxylic acids is 2. The van der Waals surface area contributed by atoms with Crippen molar-refractivity contribution in [3.05, 3.63) is 66.2 Å². The van der Waals surface area contributed by atoms with Gasteiger partial charge in [0.25, 0.3) is 0 Å². The fourth-order valence-electron chi connectivity index (χ4n) is 3.07. The Morgan fingerprint density at radius 3 is 2.03 bits per heavy atom. The van der Waals surface area contributed by atoms with Gasteiger partial charge in [0.05, 0.1) is 11.9 Å². The summed E-state index contributed by atoms with van der Waals surface area (Å²) in [6, 6.07) is 17.0. The van der Waals surface area contributed by atoms with Gasteiger partial charge in [0.1, 0.15) is 12.6 Å². The van der Waals surface area contributed by atoms with Gasteiger partial charge < -0.3 is 10.2 Å². The Morgan fingerprint density at radius 1 is 1.00 bits per heavy atom. The summed E-state index contributed by atoms with van der Waals surface area (Å²) < 4.78 is 25.8. The number of sulfonamides is 1. The molecule has 1 N–H and O–H groups in total. The van der Waals surface area contributed by atoms with Crippen LogP contribution in [0.15, 0.2) is 60.7 Å². The van der Waals surface area contributed by atoms with Crippen molar-refractivity contribution in [2.24, 2.45) is 0 Å². The van der Waals surface area contributed by atoms with Gasteiger partial charge in [-0.25, -0.2) is 8.42 Å². The first-order valence-corrected chi connectivity index (χ1v) is 11.2. The Labute approximate surface area is 172 Å². The summed E-state index contributed by atoms with van der Waals surface area (Å²) in [7, 11) is -2.18. The molecule has 7 nitrogen and oxygen atoms in total. The standard InChI is InChI=1S/C21H27N3O4S/c1-4-19(21(26)22-2)23(15-17-11-7-5-8-12-17)20(25)16-24(29(3,27)28)18-13-9-6-10-14-18/h5-14,19H,4,15-16H2,1-3H3,(H,22,26)/t19-/m0/s1. The second-order valence-electron chi connectivity index (χ2n) is 6.65. The molecule has 2 amide bonds. The van der Waals surface area contributed by atoms with Gasteiger partial charge in [-0.05, 0) is 24.1 Å². The molecule has 2 rings (SSSR count). The zero-order chi connectivity index (χ0) is 21.4. The van der Waals surface area contributed by atoms with Crippen molar-refractivity contribution < 1.29 is 18.0 Å². The number of rotatable bonds is 9. The molecule has 1 atom stereocenters. The number of likely N-dealkylation sites (N-methyl/N-ethyl adjacent to an activating group) is 1. The maximum atomic E-state index is 13.2. The van der Waals surface area contributed by atoms with E-state index >= 15 is 0 Å². The minimum absolute atomic E-state index is 0.206. The van der Waals surface area contributed by atoms with Crippen LogP contribution in [0.4, 0.5) is 5.69 Å². The van der Waals surface area contributed by atoms with Gasteiger partial charge in [-0.2, -0.15) is 0 Å². The Kier molecular flexibility index (Phi) is 7.78. The third-order valence-electron chi connectivity index (χ3n) is 4.55. The predicted molar refractivity (Wildman–Crippen MR) is 114 cm³/mol. The highest BCUT2D eigenvalue weighted by atomic mass is 32.2. The van der Waals surface area contributed by atoms with Crippen LogP contribution >= 0.6 is 0 Å². The Hall–Kier alpha value is -2.87. The Morgan fingerprint density at radius 2 is 1.55 bits per heavy atom. The van der Waals surface area contributed by atoms with Gasteiger partial charge in [-0.15, -0.1) is 0 Å². The van der Waals surface area contributed by atoms with Crippen LogP contribution in [0.5, 0.6) is 0 Å². The number of para-hydroxylation sites is 1. The van der Waals surface area contributed by atoms with Gasteiger partial charge in [0, 0.05) is 13.6 Å². The second kappa shape index (κ2) is 10.1. The number of hydrogen-bond donors (Lipinski definition) is 1. The molecule has 8 heteroatoms. The summed E-state index contributed by atoms with van der Waals surface area (Å²) in [6.07, 6.45) is 1.47. The summed E-state index contributed by atoms with van der Waals surface area (Å²) in [6.45, 7) is 1.64. The van der Waals surface area contributed by atoms with E-state index in [4.69, 9.17) is 0 Å². The largest absolute Gasteiger partial charge is 0.357 e. The lowest BCUT2D eigenvalue weighted by Gasteiger charge is -2.32. The SMILES string of the molecule is CC[C@@H](C(=O)NC)N(Cc1ccccc1)C(=O)CN(c1ccccc1)S(C)(=O)=O. The number of amides is 2. The molecule has 0 saturated carbocycles. The molecule has 2 aromatic rings. The molecule has 0 saturated heterocycles. The first-order valence-electron chi connectivity index (χ1n) is 9.35. The average Bonchev–Trinajstić information content (AvgIpc) is 2.72. The third kappa shape index (κ3) is 6.05. The normalized spacial score (nSPS) is 12.1. The molecule has 0 aromatic heterocycles. The molecule has 0 fully saturated rings. The van der Waals surface area contributed by atoms with Crippen molar-refractivity contribution in [2.75, 3.05) is 24.2 Å². The zero-order valence-electron chi connectivity index (χ0n) is 16.9. The molecule has 0 aliphatic carbocycles. The first kappa shape index (κ1) is 22.4. The van der Waals surface area contributed by atoms with E-state index < -0.39 is 22.0 Å². The molecular weight excluding hydrogens is 390 g/mol. The fourth-order valence-corrected chi connectivity index (χ4v) is 3.92. The van der Waals surface area contributed by atoms with E-state index in [1.165, 1.54) is 11.9 Å². The Bertz CT molecular complexity index is 917. The molecule has 0 aliphatic heterocycles. The van der Waals surface area contributed by atoms with E-state index in [2.05, 4.69) is 5.32 Å². The fraction of sp³-hybridized carbons (Fsp3) is 0.333. The number of nitrogens with one attached hydrogen (secondary N) is 1. The van der Waals surface area contributed by atoms with Crippen molar-refractivity contribution in [3.8, 4) is 0 Å². The number of benzene rings is 2. The average molecular weight is 418 g/mol. The van der Waals surface area contributed by atoms with E-state index in [0.717, 1.165) is 16.1 Å². The quantitative estimate of drug-likeness (QED) is 0.676. The summed E-state index contributed by atoms with van der Waals surface area (Å²) >= 11 is 0. The van der Waals surface area contributed by atoms with Crippen LogP contribution in [0.1, 0.15) is 18.9 Å². The maximum absolute atomic E-state index is 13.2. The lowest BCUT2D eigenvalue weighted by atomic mass is 10.1. The van der Waals surface area contributed by atoms with Gasteiger partial charge >= 0.3 is 0 Å². The molecule has 156 valence electrons. The van der Waals surface area contributed by atoms with E-state index in [0.29, 0.717) is 12.1 Å². The molecule has 29 heavy (non-hydrogen) atoms. The minimum atomic E-state index is -3.69. The molecule has 0 heterocycles. The number of nitrogens with zero attached hydrogens (tertiary/aromatic N) is 2. The number of hydrogen-bond acceptors (Lipinski definition) is 4. The van der Waals surface area contributed by atoms with E-state index in [9.17, 15) is 18.0 Å². The van der Waals surface area contributed by atoms with Gasteiger partial charge in [-0.1, -0.05) is 55.5 Å². The van der Waals surface area contributed by atoms with Crippen LogP contribution in [0.2, 0.25) is 0 Å². The molecule has 0 spiro atoms. The lowest BCUT2D eigenvalue weighted by Crippen LogP contribution is -2.51. The molecule has 0 aliphatic rings. The molecule has 0 radical (unpaired) electrons. The maximum Gasteiger partial charge on any atom is 0.244 e. The Balaban J connectivity index is 2.37. The summed E-state index contributed by atoms with van der Waals surface area (Å²) in [4.78, 5) is 27.1. The summed E-state index contributed by atoms with van der Waals surface area (Å²) in [5.74, 6) is -0.735. The number of carbonyl (C=O) groups is 2. The van der Waals surface area contributed by atoms with Crippen molar-refractivity contribution in [3.63, 3.8) is 0 Å². The lowest BCUT2D eigenvalue weighted by molar-refractivity contribution is -0.140. The van der Waals surface area contributed by atoms with Gasteiger partial charge in [0.15, 0.2) is 0 Å². The van der Waals surface area contributed by atoms with Crippen LogP contribution in [-0.2, 0) is 26.2 Å².